The van der Waals surface area contributed by atoms with Crippen molar-refractivity contribution < 1.29 is 14.3 Å². The zero-order valence-corrected chi connectivity index (χ0v) is 16.2. The first-order valence-electron chi connectivity index (χ1n) is 8.76. The topological polar surface area (TPSA) is 55.4 Å². The maximum Gasteiger partial charge on any atom is 0.292 e. The lowest BCUT2D eigenvalue weighted by Gasteiger charge is -2.20. The zero-order valence-electron chi connectivity index (χ0n) is 16.2. The summed E-state index contributed by atoms with van der Waals surface area (Å²) < 4.78 is 5.42. The Balaban J connectivity index is 2.14. The largest absolute Gasteiger partial charge is 0.499 e. The van der Waals surface area contributed by atoms with E-state index >= 15 is 0 Å². The molecule has 0 aromatic heterocycles. The maximum atomic E-state index is 12.6. The molecule has 4 nitrogen and oxygen atoms in total. The lowest BCUT2D eigenvalue weighted by atomic mass is 9.88. The molecule has 0 aliphatic rings. The van der Waals surface area contributed by atoms with E-state index in [1.165, 1.54) is 0 Å². The lowest BCUT2D eigenvalue weighted by molar-refractivity contribution is -0.116. The number of hydrogen-bond acceptors (Lipinski definition) is 3. The van der Waals surface area contributed by atoms with E-state index < -0.39 is 11.7 Å². The first kappa shape index (κ1) is 19.7. The average molecular weight is 353 g/mol. The van der Waals surface area contributed by atoms with Crippen LogP contribution in [0, 0.1) is 5.41 Å². The van der Waals surface area contributed by atoms with Crippen LogP contribution in [0.4, 0.5) is 0 Å². The third kappa shape index (κ3) is 4.94. The summed E-state index contributed by atoms with van der Waals surface area (Å²) in [6, 6.07) is 12.9. The quantitative estimate of drug-likeness (QED) is 0.473. The molecular formula is C22H27NO3. The first-order chi connectivity index (χ1) is 12.2. The molecule has 26 heavy (non-hydrogen) atoms. The molecule has 1 amide bonds. The molecule has 0 atom stereocenters. The number of ketones is 1. The summed E-state index contributed by atoms with van der Waals surface area (Å²) in [5.74, 6) is -0.468. The summed E-state index contributed by atoms with van der Waals surface area (Å²) in [6.07, 6.45) is 0.851. The Morgan fingerprint density at radius 2 is 1.69 bits per heavy atom. The molecule has 0 spiro atoms. The summed E-state index contributed by atoms with van der Waals surface area (Å²) in [7, 11) is 1.58. The van der Waals surface area contributed by atoms with E-state index in [0.717, 1.165) is 22.8 Å². The molecule has 0 saturated carbocycles. The van der Waals surface area contributed by atoms with Crippen LogP contribution < -0.4 is 5.32 Å². The van der Waals surface area contributed by atoms with E-state index in [-0.39, 0.29) is 12.0 Å². The van der Waals surface area contributed by atoms with Crippen LogP contribution in [-0.2, 0) is 9.53 Å². The monoisotopic (exact) mass is 353 g/mol. The molecule has 0 aliphatic heterocycles. The van der Waals surface area contributed by atoms with Crippen molar-refractivity contribution in [2.45, 2.75) is 34.1 Å². The van der Waals surface area contributed by atoms with Crippen molar-refractivity contribution in [2.24, 2.45) is 5.41 Å². The molecule has 0 radical (unpaired) electrons. The van der Waals surface area contributed by atoms with Gasteiger partial charge in [-0.1, -0.05) is 63.2 Å². The molecule has 0 bridgehead atoms. The van der Waals surface area contributed by atoms with E-state index in [9.17, 15) is 9.59 Å². The normalized spacial score (nSPS) is 12.5. The Morgan fingerprint density at radius 1 is 1.04 bits per heavy atom. The standard InChI is InChI=1S/C22H27NO3/c1-15(13-22(2,3)4)19(26-5)14-23-21(25)20(24)18-12-8-10-16-9-6-7-11-17(16)18/h6-12H,13-14H2,1-5H3,(H,23,25). The van der Waals surface area contributed by atoms with Crippen LogP contribution >= 0.6 is 0 Å². The second-order valence-electron chi connectivity index (χ2n) is 7.68. The third-order valence-electron chi connectivity index (χ3n) is 4.17. The van der Waals surface area contributed by atoms with Crippen LogP contribution in [-0.4, -0.2) is 25.3 Å². The van der Waals surface area contributed by atoms with Crippen molar-refractivity contribution in [3.63, 3.8) is 0 Å². The molecule has 138 valence electrons. The van der Waals surface area contributed by atoms with Crippen molar-refractivity contribution >= 4 is 22.5 Å². The summed E-state index contributed by atoms with van der Waals surface area (Å²) in [6.45, 7) is 8.63. The van der Waals surface area contributed by atoms with Gasteiger partial charge in [-0.15, -0.1) is 0 Å². The van der Waals surface area contributed by atoms with E-state index in [1.807, 2.05) is 37.3 Å². The summed E-state index contributed by atoms with van der Waals surface area (Å²) in [5, 5.41) is 4.41. The second-order valence-corrected chi connectivity index (χ2v) is 7.68. The van der Waals surface area contributed by atoms with Gasteiger partial charge in [0, 0.05) is 5.56 Å². The molecule has 0 fully saturated rings. The molecule has 2 aromatic rings. The highest BCUT2D eigenvalue weighted by atomic mass is 16.5. The van der Waals surface area contributed by atoms with Crippen LogP contribution in [0.25, 0.3) is 10.8 Å². The highest BCUT2D eigenvalue weighted by molar-refractivity contribution is 6.44. The molecule has 4 heteroatoms. The molecule has 2 rings (SSSR count). The molecule has 1 N–H and O–H groups in total. The number of amides is 1. The number of methoxy groups -OCH3 is 1. The molecule has 0 unspecified atom stereocenters. The van der Waals surface area contributed by atoms with Gasteiger partial charge in [-0.2, -0.15) is 0 Å². The average Bonchev–Trinajstić information content (AvgIpc) is 2.59. The fraction of sp³-hybridized carbons (Fsp3) is 0.364. The predicted octanol–water partition coefficient (Wildman–Crippen LogP) is 4.50. The fourth-order valence-electron chi connectivity index (χ4n) is 3.08. The van der Waals surface area contributed by atoms with Crippen LogP contribution in [0.15, 0.2) is 53.8 Å². The Kier molecular flexibility index (Phi) is 6.19. The Labute approximate surface area is 155 Å². The number of rotatable bonds is 6. The third-order valence-corrected chi connectivity index (χ3v) is 4.17. The number of fused-ring (bicyclic) bond motifs is 1. The van der Waals surface area contributed by atoms with Gasteiger partial charge >= 0.3 is 0 Å². The van der Waals surface area contributed by atoms with Gasteiger partial charge in [0.05, 0.1) is 13.7 Å². The second kappa shape index (κ2) is 8.17. The van der Waals surface area contributed by atoms with E-state index in [0.29, 0.717) is 11.3 Å². The number of carbonyl (C=O) groups is 2. The van der Waals surface area contributed by atoms with Gasteiger partial charge < -0.3 is 10.1 Å². The van der Waals surface area contributed by atoms with Crippen LogP contribution in [0.1, 0.15) is 44.5 Å². The van der Waals surface area contributed by atoms with Gasteiger partial charge in [-0.05, 0) is 35.1 Å². The summed E-state index contributed by atoms with van der Waals surface area (Å²) in [5.41, 5.74) is 1.60. The van der Waals surface area contributed by atoms with Crippen LogP contribution in [0.2, 0.25) is 0 Å². The SMILES string of the molecule is COC(CNC(=O)C(=O)c1cccc2ccccc12)=C(C)CC(C)(C)C. The summed E-state index contributed by atoms with van der Waals surface area (Å²) >= 11 is 0. The van der Waals surface area contributed by atoms with E-state index in [4.69, 9.17) is 4.74 Å². The Hall–Kier alpha value is -2.62. The minimum absolute atomic E-state index is 0.122. The van der Waals surface area contributed by atoms with Gasteiger partial charge in [0.25, 0.3) is 11.7 Å². The fourth-order valence-corrected chi connectivity index (χ4v) is 3.08. The van der Waals surface area contributed by atoms with Crippen LogP contribution in [0.3, 0.4) is 0 Å². The molecule has 0 saturated heterocycles. The van der Waals surface area contributed by atoms with Gasteiger partial charge in [0.15, 0.2) is 0 Å². The van der Waals surface area contributed by atoms with E-state index in [2.05, 4.69) is 26.1 Å². The van der Waals surface area contributed by atoms with Gasteiger partial charge in [-0.25, -0.2) is 0 Å². The van der Waals surface area contributed by atoms with Crippen molar-refractivity contribution in [3.05, 3.63) is 59.4 Å². The van der Waals surface area contributed by atoms with Gasteiger partial charge in [0.1, 0.15) is 5.76 Å². The molecule has 2 aromatic carbocycles. The van der Waals surface area contributed by atoms with E-state index in [1.54, 1.807) is 19.2 Å². The van der Waals surface area contributed by atoms with Crippen molar-refractivity contribution in [2.75, 3.05) is 13.7 Å². The lowest BCUT2D eigenvalue weighted by Crippen LogP contribution is -2.33. The highest BCUT2D eigenvalue weighted by Crippen LogP contribution is 2.25. The number of allylic oxidation sites excluding steroid dienone is 1. The number of benzene rings is 2. The van der Waals surface area contributed by atoms with Crippen molar-refractivity contribution in [1.82, 2.24) is 5.32 Å². The van der Waals surface area contributed by atoms with Crippen molar-refractivity contribution in [3.8, 4) is 0 Å². The van der Waals surface area contributed by atoms with Gasteiger partial charge in [0.2, 0.25) is 0 Å². The number of ether oxygens (including phenoxy) is 1. The Morgan fingerprint density at radius 3 is 2.35 bits per heavy atom. The number of carbonyl (C=O) groups excluding carboxylic acids is 2. The van der Waals surface area contributed by atoms with Gasteiger partial charge in [-0.3, -0.25) is 9.59 Å². The Bertz CT molecular complexity index is 839. The number of nitrogens with one attached hydrogen (secondary N) is 1. The predicted molar refractivity (Wildman–Crippen MR) is 105 cm³/mol. The minimum atomic E-state index is -0.625. The van der Waals surface area contributed by atoms with Crippen molar-refractivity contribution in [1.29, 1.82) is 0 Å². The maximum absolute atomic E-state index is 12.6. The zero-order chi connectivity index (χ0) is 19.3. The first-order valence-corrected chi connectivity index (χ1v) is 8.76. The summed E-state index contributed by atoms with van der Waals surface area (Å²) in [4.78, 5) is 25.0. The smallest absolute Gasteiger partial charge is 0.292 e. The molecular weight excluding hydrogens is 326 g/mol. The highest BCUT2D eigenvalue weighted by Gasteiger charge is 2.20. The minimum Gasteiger partial charge on any atom is -0.499 e. The molecule has 0 heterocycles. The number of Topliss-reactive ketones (excluding diaryl/α,β-unsaturated/α-hetero) is 1. The number of hydrogen-bond donors (Lipinski definition) is 1. The van der Waals surface area contributed by atoms with Crippen LogP contribution in [0.5, 0.6) is 0 Å². The molecule has 0 aliphatic carbocycles.